The molecule has 0 heterocycles. The van der Waals surface area contributed by atoms with E-state index in [9.17, 15) is 13.2 Å². The largest absolute Gasteiger partial charge is 0.465 e. The molecule has 7 heteroatoms. The number of benzene rings is 2. The molecule has 0 radical (unpaired) electrons. The van der Waals surface area contributed by atoms with E-state index in [0.29, 0.717) is 5.56 Å². The average molecular weight is 341 g/mol. The van der Waals surface area contributed by atoms with Gasteiger partial charge < -0.3 is 8.92 Å². The highest BCUT2D eigenvalue weighted by atomic mass is 35.5. The molecule has 0 spiro atoms. The molecule has 0 saturated carbocycles. The molecular weight excluding hydrogens is 328 g/mol. The zero-order chi connectivity index (χ0) is 16.3. The van der Waals surface area contributed by atoms with Crippen LogP contribution < -0.4 is 4.18 Å². The summed E-state index contributed by atoms with van der Waals surface area (Å²) in [5.74, 6) is -0.566. The van der Waals surface area contributed by atoms with Crippen molar-refractivity contribution >= 4 is 27.7 Å². The minimum atomic E-state index is -4.05. The zero-order valence-electron chi connectivity index (χ0n) is 11.9. The van der Waals surface area contributed by atoms with Crippen molar-refractivity contribution in [1.29, 1.82) is 0 Å². The number of hydrogen-bond donors (Lipinski definition) is 0. The van der Waals surface area contributed by atoms with Crippen LogP contribution in [-0.4, -0.2) is 21.5 Å². The molecular formula is C15H13ClO5S. The molecule has 2 rings (SSSR count). The van der Waals surface area contributed by atoms with E-state index in [1.165, 1.54) is 37.4 Å². The van der Waals surface area contributed by atoms with E-state index in [2.05, 4.69) is 4.74 Å². The Morgan fingerprint density at radius 3 is 2.55 bits per heavy atom. The van der Waals surface area contributed by atoms with Crippen molar-refractivity contribution in [2.24, 2.45) is 0 Å². The van der Waals surface area contributed by atoms with Gasteiger partial charge in [-0.3, -0.25) is 0 Å². The number of ether oxygens (including phenoxy) is 1. The summed E-state index contributed by atoms with van der Waals surface area (Å²) >= 11 is 5.83. The third kappa shape index (κ3) is 3.58. The number of aryl methyl sites for hydroxylation is 1. The van der Waals surface area contributed by atoms with Gasteiger partial charge in [-0.1, -0.05) is 23.7 Å². The normalized spacial score (nSPS) is 11.0. The molecule has 5 nitrogen and oxygen atoms in total. The van der Waals surface area contributed by atoms with Crippen molar-refractivity contribution in [2.45, 2.75) is 11.8 Å². The standard InChI is InChI=1S/C15H13ClO5S/c1-10-6-7-12(16)9-14(10)22(18,19)21-13-5-3-4-11(8-13)15(17)20-2/h3-9H,1-2H3. The zero-order valence-corrected chi connectivity index (χ0v) is 13.4. The van der Waals surface area contributed by atoms with E-state index >= 15 is 0 Å². The third-order valence-corrected chi connectivity index (χ3v) is 4.51. The van der Waals surface area contributed by atoms with Gasteiger partial charge in [-0.2, -0.15) is 8.42 Å². The quantitative estimate of drug-likeness (QED) is 0.631. The van der Waals surface area contributed by atoms with Gasteiger partial charge in [0.25, 0.3) is 0 Å². The molecule has 0 amide bonds. The van der Waals surface area contributed by atoms with E-state index in [0.717, 1.165) is 0 Å². The predicted molar refractivity (Wildman–Crippen MR) is 81.8 cm³/mol. The lowest BCUT2D eigenvalue weighted by atomic mass is 10.2. The second kappa shape index (κ2) is 6.37. The number of carbonyl (C=O) groups excluding carboxylic acids is 1. The van der Waals surface area contributed by atoms with E-state index < -0.39 is 16.1 Å². The summed E-state index contributed by atoms with van der Waals surface area (Å²) in [6, 6.07) is 10.2. The lowest BCUT2D eigenvalue weighted by Crippen LogP contribution is -2.12. The lowest BCUT2D eigenvalue weighted by Gasteiger charge is -2.10. The minimum Gasteiger partial charge on any atom is -0.465 e. The van der Waals surface area contributed by atoms with Crippen molar-refractivity contribution in [3.63, 3.8) is 0 Å². The number of hydrogen-bond acceptors (Lipinski definition) is 5. The highest BCUT2D eigenvalue weighted by Gasteiger charge is 2.20. The first kappa shape index (κ1) is 16.3. The Kier molecular flexibility index (Phi) is 4.73. The van der Waals surface area contributed by atoms with Crippen molar-refractivity contribution < 1.29 is 22.1 Å². The Morgan fingerprint density at radius 1 is 1.14 bits per heavy atom. The Morgan fingerprint density at radius 2 is 1.86 bits per heavy atom. The van der Waals surface area contributed by atoms with Crippen LogP contribution in [0.5, 0.6) is 5.75 Å². The van der Waals surface area contributed by atoms with Crippen molar-refractivity contribution in [2.75, 3.05) is 7.11 Å². The number of esters is 1. The number of carbonyl (C=O) groups is 1. The first-order valence-corrected chi connectivity index (χ1v) is 8.01. The Bertz CT molecular complexity index is 814. The SMILES string of the molecule is COC(=O)c1cccc(OS(=O)(=O)c2cc(Cl)ccc2C)c1. The molecule has 2 aromatic carbocycles. The molecule has 0 aliphatic carbocycles. The van der Waals surface area contributed by atoms with E-state index in [-0.39, 0.29) is 21.2 Å². The minimum absolute atomic E-state index is 0.0160. The highest BCUT2D eigenvalue weighted by molar-refractivity contribution is 7.87. The maximum atomic E-state index is 12.3. The third-order valence-electron chi connectivity index (χ3n) is 2.88. The van der Waals surface area contributed by atoms with Gasteiger partial charge in [0.1, 0.15) is 10.6 Å². The van der Waals surface area contributed by atoms with Crippen LogP contribution in [0.4, 0.5) is 0 Å². The molecule has 22 heavy (non-hydrogen) atoms. The molecule has 0 fully saturated rings. The van der Waals surface area contributed by atoms with Crippen molar-refractivity contribution in [3.05, 3.63) is 58.6 Å². The van der Waals surface area contributed by atoms with Crippen LogP contribution in [0.15, 0.2) is 47.4 Å². The summed E-state index contributed by atoms with van der Waals surface area (Å²) < 4.78 is 34.3. The second-order valence-corrected chi connectivity index (χ2v) is 6.42. The van der Waals surface area contributed by atoms with Gasteiger partial charge in [0.05, 0.1) is 12.7 Å². The molecule has 0 aliphatic rings. The fraction of sp³-hybridized carbons (Fsp3) is 0.133. The maximum absolute atomic E-state index is 12.3. The van der Waals surface area contributed by atoms with E-state index in [1.54, 1.807) is 19.1 Å². The van der Waals surface area contributed by atoms with Crippen LogP contribution in [0.3, 0.4) is 0 Å². The molecule has 0 aromatic heterocycles. The van der Waals surface area contributed by atoms with Gasteiger partial charge in [-0.15, -0.1) is 0 Å². The summed E-state index contributed by atoms with van der Waals surface area (Å²) in [6.45, 7) is 1.64. The Hall–Kier alpha value is -2.05. The summed E-state index contributed by atoms with van der Waals surface area (Å²) in [5, 5.41) is 0.288. The van der Waals surface area contributed by atoms with Gasteiger partial charge in [0.15, 0.2) is 0 Å². The first-order valence-electron chi connectivity index (χ1n) is 6.22. The maximum Gasteiger partial charge on any atom is 0.339 e. The van der Waals surface area contributed by atoms with Crippen LogP contribution in [0.25, 0.3) is 0 Å². The molecule has 0 atom stereocenters. The van der Waals surface area contributed by atoms with Crippen molar-refractivity contribution in [3.8, 4) is 5.75 Å². The fourth-order valence-electron chi connectivity index (χ4n) is 1.81. The van der Waals surface area contributed by atoms with Gasteiger partial charge in [-0.25, -0.2) is 4.79 Å². The van der Waals surface area contributed by atoms with E-state index in [1.807, 2.05) is 0 Å². The summed E-state index contributed by atoms with van der Waals surface area (Å²) in [7, 11) is -2.81. The first-order chi connectivity index (χ1) is 10.3. The number of halogens is 1. The van der Waals surface area contributed by atoms with E-state index in [4.69, 9.17) is 15.8 Å². The average Bonchev–Trinajstić information content (AvgIpc) is 2.48. The van der Waals surface area contributed by atoms with Gasteiger partial charge in [0, 0.05) is 5.02 Å². The smallest absolute Gasteiger partial charge is 0.339 e. The monoisotopic (exact) mass is 340 g/mol. The summed E-state index contributed by atoms with van der Waals surface area (Å²) in [4.78, 5) is 11.4. The van der Waals surface area contributed by atoms with Crippen LogP contribution in [-0.2, 0) is 14.9 Å². The topological polar surface area (TPSA) is 69.7 Å². The molecule has 0 N–H and O–H groups in total. The summed E-state index contributed by atoms with van der Waals surface area (Å²) in [6.07, 6.45) is 0. The van der Waals surface area contributed by atoms with Gasteiger partial charge >= 0.3 is 16.1 Å². The van der Waals surface area contributed by atoms with Crippen molar-refractivity contribution in [1.82, 2.24) is 0 Å². The molecule has 0 aliphatic heterocycles. The Balaban J connectivity index is 2.37. The Labute approximate surface area is 133 Å². The fourth-order valence-corrected chi connectivity index (χ4v) is 3.22. The molecule has 2 aromatic rings. The molecule has 0 saturated heterocycles. The lowest BCUT2D eigenvalue weighted by molar-refractivity contribution is 0.0600. The second-order valence-electron chi connectivity index (χ2n) is 4.47. The summed E-state index contributed by atoms with van der Waals surface area (Å²) in [5.41, 5.74) is 0.700. The van der Waals surface area contributed by atoms with Crippen LogP contribution >= 0.6 is 11.6 Å². The van der Waals surface area contributed by atoms with Crippen LogP contribution in [0.2, 0.25) is 5.02 Å². The highest BCUT2D eigenvalue weighted by Crippen LogP contribution is 2.24. The number of rotatable bonds is 4. The van der Waals surface area contributed by atoms with Crippen LogP contribution in [0, 0.1) is 6.92 Å². The number of methoxy groups -OCH3 is 1. The molecule has 0 bridgehead atoms. The van der Waals surface area contributed by atoms with Gasteiger partial charge in [0.2, 0.25) is 0 Å². The molecule has 0 unspecified atom stereocenters. The predicted octanol–water partition coefficient (Wildman–Crippen LogP) is 3.20. The molecule has 116 valence electrons. The van der Waals surface area contributed by atoms with Gasteiger partial charge in [-0.05, 0) is 42.8 Å². The van der Waals surface area contributed by atoms with Crippen LogP contribution in [0.1, 0.15) is 15.9 Å².